The Morgan fingerprint density at radius 1 is 1.00 bits per heavy atom. The maximum atomic E-state index is 12.5. The SMILES string of the molecule is CN(C)c1ccc(NC(=O)c2cncc(NCc3ccc(Cl)cc3)c2)cc1. The Hall–Kier alpha value is -3.05. The number of anilines is 3. The van der Waals surface area contributed by atoms with Gasteiger partial charge < -0.3 is 15.5 Å². The molecule has 0 spiro atoms. The van der Waals surface area contributed by atoms with Gasteiger partial charge in [0.05, 0.1) is 11.3 Å². The van der Waals surface area contributed by atoms with Crippen LogP contribution in [0, 0.1) is 0 Å². The van der Waals surface area contributed by atoms with E-state index in [0.29, 0.717) is 17.1 Å². The molecular weight excluding hydrogens is 360 g/mol. The van der Waals surface area contributed by atoms with Crippen molar-refractivity contribution >= 4 is 34.6 Å². The van der Waals surface area contributed by atoms with Crippen LogP contribution in [0.3, 0.4) is 0 Å². The maximum absolute atomic E-state index is 12.5. The molecule has 1 heterocycles. The fraction of sp³-hybridized carbons (Fsp3) is 0.143. The number of rotatable bonds is 6. The molecule has 3 rings (SSSR count). The molecule has 5 nitrogen and oxygen atoms in total. The van der Waals surface area contributed by atoms with E-state index in [4.69, 9.17) is 11.6 Å². The molecule has 0 saturated carbocycles. The molecule has 2 aromatic carbocycles. The number of halogens is 1. The third kappa shape index (κ3) is 5.21. The van der Waals surface area contributed by atoms with Gasteiger partial charge in [-0.3, -0.25) is 9.78 Å². The molecule has 3 aromatic rings. The molecule has 0 aliphatic heterocycles. The highest BCUT2D eigenvalue weighted by molar-refractivity contribution is 6.30. The van der Waals surface area contributed by atoms with Gasteiger partial charge in [-0.2, -0.15) is 0 Å². The van der Waals surface area contributed by atoms with E-state index in [1.807, 2.05) is 67.5 Å². The molecule has 1 aromatic heterocycles. The summed E-state index contributed by atoms with van der Waals surface area (Å²) in [4.78, 5) is 18.7. The molecular formula is C21H21ClN4O. The second kappa shape index (κ2) is 8.56. The molecule has 27 heavy (non-hydrogen) atoms. The highest BCUT2D eigenvalue weighted by Gasteiger charge is 2.08. The number of amides is 1. The minimum Gasteiger partial charge on any atom is -0.380 e. The fourth-order valence-electron chi connectivity index (χ4n) is 2.51. The van der Waals surface area contributed by atoms with E-state index < -0.39 is 0 Å². The zero-order valence-electron chi connectivity index (χ0n) is 15.2. The smallest absolute Gasteiger partial charge is 0.257 e. The summed E-state index contributed by atoms with van der Waals surface area (Å²) in [6.07, 6.45) is 3.25. The van der Waals surface area contributed by atoms with E-state index in [9.17, 15) is 4.79 Å². The predicted molar refractivity (Wildman–Crippen MR) is 112 cm³/mol. The lowest BCUT2D eigenvalue weighted by molar-refractivity contribution is 0.102. The third-order valence-corrected chi connectivity index (χ3v) is 4.30. The summed E-state index contributed by atoms with van der Waals surface area (Å²) in [5, 5.41) is 6.87. The summed E-state index contributed by atoms with van der Waals surface area (Å²) in [7, 11) is 3.95. The first-order valence-electron chi connectivity index (χ1n) is 8.53. The average molecular weight is 381 g/mol. The largest absolute Gasteiger partial charge is 0.380 e. The summed E-state index contributed by atoms with van der Waals surface area (Å²) in [5.74, 6) is -0.199. The second-order valence-electron chi connectivity index (χ2n) is 6.34. The van der Waals surface area contributed by atoms with Gasteiger partial charge in [-0.15, -0.1) is 0 Å². The highest BCUT2D eigenvalue weighted by Crippen LogP contribution is 2.17. The van der Waals surface area contributed by atoms with E-state index in [0.717, 1.165) is 22.6 Å². The minimum atomic E-state index is -0.199. The molecule has 138 valence electrons. The molecule has 0 bridgehead atoms. The number of hydrogen-bond acceptors (Lipinski definition) is 4. The number of nitrogens with zero attached hydrogens (tertiary/aromatic N) is 2. The van der Waals surface area contributed by atoms with Gasteiger partial charge in [-0.25, -0.2) is 0 Å². The Labute approximate surface area is 164 Å². The molecule has 0 atom stereocenters. The fourth-order valence-corrected chi connectivity index (χ4v) is 2.64. The Morgan fingerprint density at radius 2 is 1.70 bits per heavy atom. The van der Waals surface area contributed by atoms with Gasteiger partial charge in [-0.1, -0.05) is 23.7 Å². The van der Waals surface area contributed by atoms with E-state index >= 15 is 0 Å². The summed E-state index contributed by atoms with van der Waals surface area (Å²) in [6.45, 7) is 0.621. The predicted octanol–water partition coefficient (Wildman–Crippen LogP) is 4.67. The number of benzene rings is 2. The highest BCUT2D eigenvalue weighted by atomic mass is 35.5. The standard InChI is InChI=1S/C21H21ClN4O/c1-26(2)20-9-7-18(8-10-20)25-21(27)16-11-19(14-23-13-16)24-12-15-3-5-17(22)6-4-15/h3-11,13-14,24H,12H2,1-2H3,(H,25,27). The molecule has 0 aliphatic rings. The van der Waals surface area contributed by atoms with E-state index in [1.54, 1.807) is 18.5 Å². The van der Waals surface area contributed by atoms with Crippen LogP contribution in [0.5, 0.6) is 0 Å². The van der Waals surface area contributed by atoms with E-state index in [2.05, 4.69) is 15.6 Å². The van der Waals surface area contributed by atoms with Crippen molar-refractivity contribution in [3.05, 3.63) is 83.1 Å². The van der Waals surface area contributed by atoms with Crippen molar-refractivity contribution in [1.82, 2.24) is 4.98 Å². The molecule has 0 radical (unpaired) electrons. The summed E-state index contributed by atoms with van der Waals surface area (Å²) >= 11 is 5.90. The second-order valence-corrected chi connectivity index (χ2v) is 6.77. The normalized spacial score (nSPS) is 10.3. The zero-order chi connectivity index (χ0) is 19.2. The minimum absolute atomic E-state index is 0.199. The van der Waals surface area contributed by atoms with Crippen molar-refractivity contribution in [2.45, 2.75) is 6.54 Å². The summed E-state index contributed by atoms with van der Waals surface area (Å²) < 4.78 is 0. The van der Waals surface area contributed by atoms with Crippen LogP contribution in [0.1, 0.15) is 15.9 Å². The molecule has 0 aliphatic carbocycles. The maximum Gasteiger partial charge on any atom is 0.257 e. The molecule has 6 heteroatoms. The lowest BCUT2D eigenvalue weighted by Crippen LogP contribution is -2.13. The van der Waals surface area contributed by atoms with Gasteiger partial charge in [0.15, 0.2) is 0 Å². The molecule has 0 saturated heterocycles. The van der Waals surface area contributed by atoms with Gasteiger partial charge in [0.25, 0.3) is 5.91 Å². The summed E-state index contributed by atoms with van der Waals surface area (Å²) in [6, 6.07) is 17.1. The Balaban J connectivity index is 1.63. The van der Waals surface area contributed by atoms with Crippen molar-refractivity contribution in [1.29, 1.82) is 0 Å². The average Bonchev–Trinajstić information content (AvgIpc) is 2.68. The van der Waals surface area contributed by atoms with Crippen LogP contribution < -0.4 is 15.5 Å². The van der Waals surface area contributed by atoms with E-state index in [-0.39, 0.29) is 5.91 Å². The van der Waals surface area contributed by atoms with Gasteiger partial charge in [-0.05, 0) is 48.0 Å². The van der Waals surface area contributed by atoms with Crippen LogP contribution in [0.4, 0.5) is 17.1 Å². The van der Waals surface area contributed by atoms with Crippen molar-refractivity contribution in [2.24, 2.45) is 0 Å². The number of carbonyl (C=O) groups excluding carboxylic acids is 1. The summed E-state index contributed by atoms with van der Waals surface area (Å²) in [5.41, 5.74) is 4.18. The van der Waals surface area contributed by atoms with Crippen LogP contribution in [0.25, 0.3) is 0 Å². The van der Waals surface area contributed by atoms with Crippen molar-refractivity contribution in [3.63, 3.8) is 0 Å². The van der Waals surface area contributed by atoms with Crippen LogP contribution in [0.15, 0.2) is 67.0 Å². The van der Waals surface area contributed by atoms with Crippen molar-refractivity contribution in [3.8, 4) is 0 Å². The zero-order valence-corrected chi connectivity index (χ0v) is 16.0. The van der Waals surface area contributed by atoms with Gasteiger partial charge in [0.1, 0.15) is 0 Å². The molecule has 0 unspecified atom stereocenters. The Morgan fingerprint density at radius 3 is 2.37 bits per heavy atom. The third-order valence-electron chi connectivity index (χ3n) is 4.05. The first kappa shape index (κ1) is 18.7. The number of hydrogen-bond donors (Lipinski definition) is 2. The first-order chi connectivity index (χ1) is 13.0. The number of pyridine rings is 1. The Kier molecular flexibility index (Phi) is 5.94. The molecule has 0 fully saturated rings. The van der Waals surface area contributed by atoms with Gasteiger partial charge in [0.2, 0.25) is 0 Å². The lowest BCUT2D eigenvalue weighted by atomic mass is 10.2. The number of nitrogens with one attached hydrogen (secondary N) is 2. The Bertz CT molecular complexity index is 908. The first-order valence-corrected chi connectivity index (χ1v) is 8.91. The number of carbonyl (C=O) groups is 1. The monoisotopic (exact) mass is 380 g/mol. The van der Waals surface area contributed by atoms with Crippen molar-refractivity contribution < 1.29 is 4.79 Å². The van der Waals surface area contributed by atoms with Crippen LogP contribution >= 0.6 is 11.6 Å². The van der Waals surface area contributed by atoms with Crippen molar-refractivity contribution in [2.75, 3.05) is 29.6 Å². The topological polar surface area (TPSA) is 57.3 Å². The lowest BCUT2D eigenvalue weighted by Gasteiger charge is -2.13. The van der Waals surface area contributed by atoms with Crippen LogP contribution in [0.2, 0.25) is 5.02 Å². The van der Waals surface area contributed by atoms with Gasteiger partial charge in [0, 0.05) is 49.4 Å². The molecule has 2 N–H and O–H groups in total. The number of aromatic nitrogens is 1. The van der Waals surface area contributed by atoms with Crippen LogP contribution in [-0.2, 0) is 6.54 Å². The van der Waals surface area contributed by atoms with Crippen LogP contribution in [-0.4, -0.2) is 25.0 Å². The van der Waals surface area contributed by atoms with Gasteiger partial charge >= 0.3 is 0 Å². The quantitative estimate of drug-likeness (QED) is 0.652. The molecule has 1 amide bonds. The van der Waals surface area contributed by atoms with E-state index in [1.165, 1.54) is 0 Å².